The number of hydrogen-bond acceptors (Lipinski definition) is 6. The van der Waals surface area contributed by atoms with Gasteiger partial charge in [0, 0.05) is 30.3 Å². The molecule has 0 atom stereocenters. The van der Waals surface area contributed by atoms with E-state index in [4.69, 9.17) is 9.72 Å². The van der Waals surface area contributed by atoms with Crippen molar-refractivity contribution in [2.45, 2.75) is 32.3 Å². The van der Waals surface area contributed by atoms with Gasteiger partial charge in [-0.1, -0.05) is 30.8 Å². The van der Waals surface area contributed by atoms with E-state index in [0.717, 1.165) is 77.2 Å². The van der Waals surface area contributed by atoms with Crippen LogP contribution in [0, 0.1) is 13.8 Å². The van der Waals surface area contributed by atoms with E-state index in [1.54, 1.807) is 23.1 Å². The average molecular weight is 430 g/mol. The molecule has 1 aliphatic heterocycles. The molecule has 0 aliphatic carbocycles. The summed E-state index contributed by atoms with van der Waals surface area (Å²) in [5, 5.41) is 1.57. The van der Waals surface area contributed by atoms with Crippen molar-refractivity contribution in [3.63, 3.8) is 0 Å². The average Bonchev–Trinajstić information content (AvgIpc) is 3.04. The van der Waals surface area contributed by atoms with E-state index in [-0.39, 0.29) is 5.56 Å². The van der Waals surface area contributed by atoms with E-state index in [9.17, 15) is 4.79 Å². The molecule has 29 heavy (non-hydrogen) atoms. The van der Waals surface area contributed by atoms with Crippen LogP contribution in [0.2, 0.25) is 0 Å². The molecule has 7 heteroatoms. The van der Waals surface area contributed by atoms with Crippen molar-refractivity contribution < 1.29 is 4.74 Å². The van der Waals surface area contributed by atoms with Gasteiger partial charge in [0.1, 0.15) is 4.83 Å². The Balaban J connectivity index is 1.75. The number of nitrogens with zero attached hydrogens (tertiary/aromatic N) is 3. The summed E-state index contributed by atoms with van der Waals surface area (Å²) in [6, 6.07) is 8.12. The Kier molecular flexibility index (Phi) is 6.39. The first kappa shape index (κ1) is 20.6. The summed E-state index contributed by atoms with van der Waals surface area (Å²) >= 11 is 3.30. The number of thiophene rings is 1. The van der Waals surface area contributed by atoms with Crippen molar-refractivity contribution >= 4 is 33.3 Å². The second-order valence-electron chi connectivity index (χ2n) is 7.35. The summed E-state index contributed by atoms with van der Waals surface area (Å²) in [6.07, 6.45) is 0.847. The van der Waals surface area contributed by atoms with Crippen LogP contribution < -0.4 is 5.56 Å². The second kappa shape index (κ2) is 9.00. The van der Waals surface area contributed by atoms with Crippen molar-refractivity contribution in [3.8, 4) is 5.69 Å². The summed E-state index contributed by atoms with van der Waals surface area (Å²) in [5.41, 5.74) is 3.21. The molecule has 0 radical (unpaired) electrons. The van der Waals surface area contributed by atoms with Gasteiger partial charge in [0.05, 0.1) is 24.3 Å². The van der Waals surface area contributed by atoms with Gasteiger partial charge in [0.25, 0.3) is 5.56 Å². The summed E-state index contributed by atoms with van der Waals surface area (Å²) in [7, 11) is 0. The Morgan fingerprint density at radius 1 is 1.24 bits per heavy atom. The van der Waals surface area contributed by atoms with E-state index in [0.29, 0.717) is 0 Å². The molecule has 0 spiro atoms. The summed E-state index contributed by atoms with van der Waals surface area (Å²) in [5.74, 6) is 0.898. The Hall–Kier alpha value is -1.67. The molecular weight excluding hydrogens is 402 g/mol. The smallest absolute Gasteiger partial charge is 0.267 e. The van der Waals surface area contributed by atoms with Gasteiger partial charge in [-0.15, -0.1) is 11.3 Å². The third-order valence-corrected chi connectivity index (χ3v) is 7.31. The van der Waals surface area contributed by atoms with Gasteiger partial charge in [0.15, 0.2) is 5.16 Å². The van der Waals surface area contributed by atoms with E-state index >= 15 is 0 Å². The van der Waals surface area contributed by atoms with Crippen LogP contribution in [-0.2, 0) is 11.2 Å². The normalized spacial score (nSPS) is 15.3. The molecule has 2 aromatic heterocycles. The standard InChI is InChI=1S/C22H27N3O2S2/c1-4-18-16(3)29-20-19(18)21(26)25(17-7-5-6-15(2)14-17)22(23-20)28-13-10-24-8-11-27-12-9-24/h5-7,14H,4,8-13H2,1-3H3. The fraction of sp³-hybridized carbons (Fsp3) is 0.455. The van der Waals surface area contributed by atoms with Gasteiger partial charge in [0.2, 0.25) is 0 Å². The maximum absolute atomic E-state index is 13.6. The van der Waals surface area contributed by atoms with Crippen molar-refractivity contribution in [1.82, 2.24) is 14.5 Å². The van der Waals surface area contributed by atoms with Crippen LogP contribution in [0.3, 0.4) is 0 Å². The van der Waals surface area contributed by atoms with Crippen molar-refractivity contribution in [2.24, 2.45) is 0 Å². The second-order valence-corrected chi connectivity index (χ2v) is 9.61. The fourth-order valence-electron chi connectivity index (χ4n) is 3.81. The monoisotopic (exact) mass is 429 g/mol. The molecular formula is C22H27N3O2S2. The highest BCUT2D eigenvalue weighted by Gasteiger charge is 2.19. The Morgan fingerprint density at radius 3 is 2.76 bits per heavy atom. The minimum atomic E-state index is 0.0515. The highest BCUT2D eigenvalue weighted by molar-refractivity contribution is 7.99. The number of aryl methyl sites for hydroxylation is 3. The van der Waals surface area contributed by atoms with Gasteiger partial charge in [-0.05, 0) is 43.5 Å². The summed E-state index contributed by atoms with van der Waals surface area (Å²) in [4.78, 5) is 23.0. The highest BCUT2D eigenvalue weighted by atomic mass is 32.2. The first-order valence-corrected chi connectivity index (χ1v) is 11.9. The maximum atomic E-state index is 13.6. The zero-order valence-corrected chi connectivity index (χ0v) is 18.9. The summed E-state index contributed by atoms with van der Waals surface area (Å²) in [6.45, 7) is 10.8. The Morgan fingerprint density at radius 2 is 2.03 bits per heavy atom. The number of rotatable bonds is 6. The molecule has 0 saturated carbocycles. The van der Waals surface area contributed by atoms with Crippen LogP contribution in [-0.4, -0.2) is 53.1 Å². The molecule has 5 nitrogen and oxygen atoms in total. The van der Waals surface area contributed by atoms with Crippen LogP contribution in [0.4, 0.5) is 0 Å². The first-order valence-electron chi connectivity index (χ1n) is 10.1. The van der Waals surface area contributed by atoms with Gasteiger partial charge < -0.3 is 4.74 Å². The molecule has 4 rings (SSSR count). The first-order chi connectivity index (χ1) is 14.1. The molecule has 0 unspecified atom stereocenters. The molecule has 3 aromatic rings. The van der Waals surface area contributed by atoms with Crippen LogP contribution in [0.25, 0.3) is 15.9 Å². The van der Waals surface area contributed by atoms with Crippen LogP contribution in [0.15, 0.2) is 34.2 Å². The van der Waals surface area contributed by atoms with Crippen LogP contribution >= 0.6 is 23.1 Å². The predicted molar refractivity (Wildman–Crippen MR) is 122 cm³/mol. The lowest BCUT2D eigenvalue weighted by Gasteiger charge is -2.26. The quantitative estimate of drug-likeness (QED) is 0.437. The lowest BCUT2D eigenvalue weighted by atomic mass is 10.1. The number of fused-ring (bicyclic) bond motifs is 1. The molecule has 0 amide bonds. The van der Waals surface area contributed by atoms with E-state index in [1.165, 1.54) is 4.88 Å². The van der Waals surface area contributed by atoms with Gasteiger partial charge >= 0.3 is 0 Å². The molecule has 154 valence electrons. The molecule has 1 fully saturated rings. The van der Waals surface area contributed by atoms with Crippen LogP contribution in [0.5, 0.6) is 0 Å². The molecule has 3 heterocycles. The predicted octanol–water partition coefficient (Wildman–Crippen LogP) is 4.05. The number of thioether (sulfide) groups is 1. The third-order valence-electron chi connectivity index (χ3n) is 5.35. The maximum Gasteiger partial charge on any atom is 0.267 e. The summed E-state index contributed by atoms with van der Waals surface area (Å²) < 4.78 is 7.25. The van der Waals surface area contributed by atoms with Gasteiger partial charge in [-0.2, -0.15) is 0 Å². The fourth-order valence-corrected chi connectivity index (χ4v) is 5.97. The van der Waals surface area contributed by atoms with Crippen molar-refractivity contribution in [3.05, 3.63) is 50.6 Å². The van der Waals surface area contributed by atoms with Gasteiger partial charge in [-0.25, -0.2) is 4.98 Å². The van der Waals surface area contributed by atoms with E-state index < -0.39 is 0 Å². The molecule has 1 aromatic carbocycles. The lowest BCUT2D eigenvalue weighted by Crippen LogP contribution is -2.37. The lowest BCUT2D eigenvalue weighted by molar-refractivity contribution is 0.0410. The zero-order chi connectivity index (χ0) is 20.4. The number of hydrogen-bond donors (Lipinski definition) is 0. The molecule has 0 N–H and O–H groups in total. The number of ether oxygens (including phenoxy) is 1. The topological polar surface area (TPSA) is 47.4 Å². The highest BCUT2D eigenvalue weighted by Crippen LogP contribution is 2.30. The van der Waals surface area contributed by atoms with E-state index in [1.807, 2.05) is 16.7 Å². The van der Waals surface area contributed by atoms with Crippen molar-refractivity contribution in [2.75, 3.05) is 38.6 Å². The zero-order valence-electron chi connectivity index (χ0n) is 17.2. The van der Waals surface area contributed by atoms with Gasteiger partial charge in [-0.3, -0.25) is 14.3 Å². The molecule has 1 saturated heterocycles. The third kappa shape index (κ3) is 4.28. The number of benzene rings is 1. The SMILES string of the molecule is CCc1c(C)sc2nc(SCCN3CCOCC3)n(-c3cccc(C)c3)c(=O)c12. The largest absolute Gasteiger partial charge is 0.379 e. The van der Waals surface area contributed by atoms with Crippen LogP contribution in [0.1, 0.15) is 22.9 Å². The van der Waals surface area contributed by atoms with E-state index in [2.05, 4.69) is 37.8 Å². The minimum absolute atomic E-state index is 0.0515. The number of aromatic nitrogens is 2. The van der Waals surface area contributed by atoms with Crippen molar-refractivity contribution in [1.29, 1.82) is 0 Å². The number of morpholine rings is 1. The Labute approximate surface area is 179 Å². The minimum Gasteiger partial charge on any atom is -0.379 e. The Bertz CT molecular complexity index is 1070. The molecule has 0 bridgehead atoms. The molecule has 1 aliphatic rings.